The number of hydrogen-bond donors (Lipinski definition) is 2. The molecule has 0 aliphatic heterocycles. The molecule has 0 aromatic heterocycles. The number of thiocarbonyl (C=S) groups is 1. The standard InChI is InChI=1S/C19H23N3O3S/c1-4-22(19(26)21-14-8-10-16(24-2)11-9-14)13-18(23)20-15-6-5-7-17(12-15)25-3/h5-12H,4,13H2,1-3H3,(H,20,23)(H,21,26). The van der Waals surface area contributed by atoms with Crippen LogP contribution in [0.15, 0.2) is 48.5 Å². The van der Waals surface area contributed by atoms with Crippen molar-refractivity contribution < 1.29 is 14.3 Å². The van der Waals surface area contributed by atoms with Gasteiger partial charge in [0.25, 0.3) is 0 Å². The Morgan fingerprint density at radius 3 is 2.31 bits per heavy atom. The Kier molecular flexibility index (Phi) is 7.23. The molecule has 1 amide bonds. The number of carbonyl (C=O) groups is 1. The van der Waals surface area contributed by atoms with Crippen LogP contribution in [0, 0.1) is 0 Å². The van der Waals surface area contributed by atoms with Gasteiger partial charge in [-0.05, 0) is 55.5 Å². The van der Waals surface area contributed by atoms with E-state index in [1.54, 1.807) is 25.2 Å². The van der Waals surface area contributed by atoms with Crippen LogP contribution in [0.1, 0.15) is 6.92 Å². The van der Waals surface area contributed by atoms with Gasteiger partial charge >= 0.3 is 0 Å². The number of benzene rings is 2. The Hall–Kier alpha value is -2.80. The van der Waals surface area contributed by atoms with Gasteiger partial charge in [-0.2, -0.15) is 0 Å². The number of nitrogens with zero attached hydrogens (tertiary/aromatic N) is 1. The van der Waals surface area contributed by atoms with Gasteiger partial charge in [0, 0.05) is 24.0 Å². The summed E-state index contributed by atoms with van der Waals surface area (Å²) in [6.45, 7) is 2.70. The molecule has 2 rings (SSSR count). The van der Waals surface area contributed by atoms with E-state index in [1.807, 2.05) is 49.4 Å². The lowest BCUT2D eigenvalue weighted by Gasteiger charge is -2.24. The molecule has 0 atom stereocenters. The Morgan fingerprint density at radius 1 is 1.00 bits per heavy atom. The molecule has 0 saturated heterocycles. The van der Waals surface area contributed by atoms with Crippen molar-refractivity contribution >= 4 is 34.6 Å². The van der Waals surface area contributed by atoms with E-state index in [0.29, 0.717) is 23.1 Å². The smallest absolute Gasteiger partial charge is 0.243 e. The Bertz CT molecular complexity index is 750. The zero-order valence-electron chi connectivity index (χ0n) is 15.1. The van der Waals surface area contributed by atoms with Crippen LogP contribution in [-0.4, -0.2) is 43.2 Å². The van der Waals surface area contributed by atoms with Crippen molar-refractivity contribution in [2.45, 2.75) is 6.92 Å². The molecule has 0 fully saturated rings. The summed E-state index contributed by atoms with van der Waals surface area (Å²) in [5.74, 6) is 1.30. The van der Waals surface area contributed by atoms with Gasteiger partial charge in [-0.1, -0.05) is 6.07 Å². The quantitative estimate of drug-likeness (QED) is 0.726. The van der Waals surface area contributed by atoms with E-state index >= 15 is 0 Å². The molecule has 6 nitrogen and oxygen atoms in total. The highest BCUT2D eigenvalue weighted by Gasteiger charge is 2.13. The summed E-state index contributed by atoms with van der Waals surface area (Å²) in [7, 11) is 3.20. The number of methoxy groups -OCH3 is 2. The highest BCUT2D eigenvalue weighted by Crippen LogP contribution is 2.17. The Balaban J connectivity index is 1.93. The number of carbonyl (C=O) groups excluding carboxylic acids is 1. The largest absolute Gasteiger partial charge is 0.497 e. The van der Waals surface area contributed by atoms with Gasteiger partial charge in [0.15, 0.2) is 5.11 Å². The number of anilines is 2. The second-order valence-corrected chi connectivity index (χ2v) is 5.84. The van der Waals surface area contributed by atoms with Crippen molar-refractivity contribution in [3.8, 4) is 11.5 Å². The number of likely N-dealkylation sites (N-methyl/N-ethyl adjacent to an activating group) is 1. The topological polar surface area (TPSA) is 62.8 Å². The van der Waals surface area contributed by atoms with Crippen LogP contribution in [0.4, 0.5) is 11.4 Å². The van der Waals surface area contributed by atoms with Gasteiger partial charge in [-0.15, -0.1) is 0 Å². The number of rotatable bonds is 7. The summed E-state index contributed by atoms with van der Waals surface area (Å²) in [4.78, 5) is 14.1. The van der Waals surface area contributed by atoms with Crippen molar-refractivity contribution in [3.05, 3.63) is 48.5 Å². The van der Waals surface area contributed by atoms with Crippen LogP contribution < -0.4 is 20.1 Å². The normalized spacial score (nSPS) is 9.96. The first-order valence-electron chi connectivity index (χ1n) is 8.19. The molecule has 26 heavy (non-hydrogen) atoms. The predicted octanol–water partition coefficient (Wildman–Crippen LogP) is 3.36. The zero-order chi connectivity index (χ0) is 18.9. The first-order chi connectivity index (χ1) is 12.5. The van der Waals surface area contributed by atoms with E-state index in [-0.39, 0.29) is 12.5 Å². The lowest BCUT2D eigenvalue weighted by molar-refractivity contribution is -0.116. The van der Waals surface area contributed by atoms with E-state index in [1.165, 1.54) is 0 Å². The minimum Gasteiger partial charge on any atom is -0.497 e. The average molecular weight is 373 g/mol. The molecule has 0 saturated carbocycles. The summed E-state index contributed by atoms with van der Waals surface area (Å²) in [6.07, 6.45) is 0. The number of hydrogen-bond acceptors (Lipinski definition) is 4. The van der Waals surface area contributed by atoms with Crippen molar-refractivity contribution in [1.82, 2.24) is 4.90 Å². The SMILES string of the molecule is CCN(CC(=O)Nc1cccc(OC)c1)C(=S)Nc1ccc(OC)cc1. The third kappa shape index (κ3) is 5.63. The zero-order valence-corrected chi connectivity index (χ0v) is 15.9. The van der Waals surface area contributed by atoms with Crippen LogP contribution in [0.25, 0.3) is 0 Å². The highest BCUT2D eigenvalue weighted by atomic mass is 32.1. The third-order valence-electron chi connectivity index (χ3n) is 3.70. The molecule has 138 valence electrons. The van der Waals surface area contributed by atoms with E-state index in [9.17, 15) is 4.79 Å². The lowest BCUT2D eigenvalue weighted by Crippen LogP contribution is -2.40. The van der Waals surface area contributed by atoms with Gasteiger partial charge in [0.05, 0.1) is 20.8 Å². The first-order valence-corrected chi connectivity index (χ1v) is 8.60. The maximum absolute atomic E-state index is 12.3. The van der Waals surface area contributed by atoms with Crippen LogP contribution in [-0.2, 0) is 4.79 Å². The molecule has 0 aliphatic rings. The molecule has 0 radical (unpaired) electrons. The highest BCUT2D eigenvalue weighted by molar-refractivity contribution is 7.80. The fraction of sp³-hybridized carbons (Fsp3) is 0.263. The second kappa shape index (κ2) is 9.62. The maximum atomic E-state index is 12.3. The minimum atomic E-state index is -0.154. The molecule has 0 spiro atoms. The lowest BCUT2D eigenvalue weighted by atomic mass is 10.3. The molecule has 2 N–H and O–H groups in total. The van der Waals surface area contributed by atoms with Crippen LogP contribution in [0.3, 0.4) is 0 Å². The fourth-order valence-corrected chi connectivity index (χ4v) is 2.59. The second-order valence-electron chi connectivity index (χ2n) is 5.45. The van der Waals surface area contributed by atoms with Crippen LogP contribution in [0.5, 0.6) is 11.5 Å². The molecule has 0 unspecified atom stereocenters. The number of nitrogens with one attached hydrogen (secondary N) is 2. The summed E-state index contributed by atoms with van der Waals surface area (Å²) in [6, 6.07) is 14.6. The fourth-order valence-electron chi connectivity index (χ4n) is 2.28. The van der Waals surface area contributed by atoms with Gasteiger partial charge in [0.2, 0.25) is 5.91 Å². The van der Waals surface area contributed by atoms with E-state index in [0.717, 1.165) is 11.4 Å². The minimum absolute atomic E-state index is 0.149. The van der Waals surface area contributed by atoms with Crippen LogP contribution in [0.2, 0.25) is 0 Å². The predicted molar refractivity (Wildman–Crippen MR) is 108 cm³/mol. The van der Waals surface area contributed by atoms with Crippen molar-refractivity contribution in [2.75, 3.05) is 37.9 Å². The summed E-state index contributed by atoms with van der Waals surface area (Å²) in [5.41, 5.74) is 1.52. The molecular formula is C19H23N3O3S. The number of ether oxygens (including phenoxy) is 2. The molecule has 7 heteroatoms. The van der Waals surface area contributed by atoms with Crippen molar-refractivity contribution in [1.29, 1.82) is 0 Å². The third-order valence-corrected chi connectivity index (χ3v) is 4.06. The van der Waals surface area contributed by atoms with E-state index in [2.05, 4.69) is 10.6 Å². The summed E-state index contributed by atoms with van der Waals surface area (Å²) >= 11 is 5.42. The summed E-state index contributed by atoms with van der Waals surface area (Å²) < 4.78 is 10.3. The van der Waals surface area contributed by atoms with Gasteiger partial charge in [-0.3, -0.25) is 4.79 Å². The molecule has 0 aliphatic carbocycles. The Morgan fingerprint density at radius 2 is 1.69 bits per heavy atom. The monoisotopic (exact) mass is 373 g/mol. The van der Waals surface area contributed by atoms with Gasteiger partial charge < -0.3 is 25.0 Å². The first kappa shape index (κ1) is 19.5. The maximum Gasteiger partial charge on any atom is 0.243 e. The molecule has 2 aromatic rings. The van der Waals surface area contributed by atoms with Gasteiger partial charge in [0.1, 0.15) is 11.5 Å². The summed E-state index contributed by atoms with van der Waals surface area (Å²) in [5, 5.41) is 6.47. The van der Waals surface area contributed by atoms with E-state index < -0.39 is 0 Å². The van der Waals surface area contributed by atoms with Crippen molar-refractivity contribution in [2.24, 2.45) is 0 Å². The molecule has 2 aromatic carbocycles. The van der Waals surface area contributed by atoms with Crippen molar-refractivity contribution in [3.63, 3.8) is 0 Å². The number of amides is 1. The molecular weight excluding hydrogens is 350 g/mol. The molecule has 0 bridgehead atoms. The average Bonchev–Trinajstić information content (AvgIpc) is 2.66. The van der Waals surface area contributed by atoms with E-state index in [4.69, 9.17) is 21.7 Å². The Labute approximate surface area is 159 Å². The molecule has 0 heterocycles. The van der Waals surface area contributed by atoms with Crippen LogP contribution >= 0.6 is 12.2 Å². The van der Waals surface area contributed by atoms with Gasteiger partial charge in [-0.25, -0.2) is 0 Å².